The quantitative estimate of drug-likeness (QED) is 0.648. The molecule has 2 N–H and O–H groups in total. The first-order valence-electron chi connectivity index (χ1n) is 5.94. The minimum Gasteiger partial charge on any atom is -0.467 e. The summed E-state index contributed by atoms with van der Waals surface area (Å²) in [5.41, 5.74) is -4.65. The zero-order valence-corrected chi connectivity index (χ0v) is 11.9. The number of amides is 1. The Labute approximate surface area is 112 Å². The molecule has 0 unspecified atom stereocenters. The van der Waals surface area contributed by atoms with Crippen LogP contribution in [0.15, 0.2) is 0 Å². The molecule has 1 aliphatic rings. The van der Waals surface area contributed by atoms with E-state index in [-0.39, 0.29) is 13.1 Å². The van der Waals surface area contributed by atoms with Gasteiger partial charge in [-0.15, -0.1) is 0 Å². The van der Waals surface area contributed by atoms with Gasteiger partial charge in [0.1, 0.15) is 11.2 Å². The van der Waals surface area contributed by atoms with E-state index in [0.717, 1.165) is 12.0 Å². The van der Waals surface area contributed by atoms with Crippen molar-refractivity contribution in [2.45, 2.75) is 44.5 Å². The first-order chi connectivity index (χ1) is 8.43. The molecule has 1 aliphatic heterocycles. The predicted octanol–water partition coefficient (Wildman–Crippen LogP) is -0.108. The number of β-amino-alcohol motifs (C(OH)–C–C–N with tert-alkyl or cyclic N) is 2. The molecular formula is C12H21NO6. The van der Waals surface area contributed by atoms with Crippen molar-refractivity contribution in [1.82, 2.24) is 4.90 Å². The monoisotopic (exact) mass is 275 g/mol. The van der Waals surface area contributed by atoms with Crippen molar-refractivity contribution in [2.24, 2.45) is 0 Å². The van der Waals surface area contributed by atoms with E-state index in [0.29, 0.717) is 0 Å². The fourth-order valence-electron chi connectivity index (χ4n) is 1.91. The maximum Gasteiger partial charge on any atom is 0.410 e. The number of carbonyl (C=O) groups excluding carboxylic acids is 2. The number of likely N-dealkylation sites (tertiary alicyclic amines) is 1. The first-order valence-corrected chi connectivity index (χ1v) is 5.94. The second kappa shape index (κ2) is 4.64. The van der Waals surface area contributed by atoms with Crippen LogP contribution in [0.1, 0.15) is 27.7 Å². The molecule has 7 nitrogen and oxygen atoms in total. The van der Waals surface area contributed by atoms with Gasteiger partial charge in [-0.3, -0.25) is 0 Å². The summed E-state index contributed by atoms with van der Waals surface area (Å²) in [6.45, 7) is 5.78. The fourth-order valence-corrected chi connectivity index (χ4v) is 1.91. The number of nitrogens with zero attached hydrogens (tertiary/aromatic N) is 1. The number of methoxy groups -OCH3 is 1. The molecule has 1 rings (SSSR count). The van der Waals surface area contributed by atoms with Crippen LogP contribution in [0.3, 0.4) is 0 Å². The third kappa shape index (κ3) is 2.98. The van der Waals surface area contributed by atoms with E-state index in [2.05, 4.69) is 4.74 Å². The Hall–Kier alpha value is -1.34. The summed E-state index contributed by atoms with van der Waals surface area (Å²) in [5.74, 6) is -0.983. The lowest BCUT2D eigenvalue weighted by Gasteiger charge is -2.30. The Kier molecular flexibility index (Phi) is 3.84. The average molecular weight is 275 g/mol. The smallest absolute Gasteiger partial charge is 0.410 e. The topological polar surface area (TPSA) is 96.3 Å². The first kappa shape index (κ1) is 15.7. The van der Waals surface area contributed by atoms with E-state index >= 15 is 0 Å². The zero-order chi connectivity index (χ0) is 15.1. The highest BCUT2D eigenvalue weighted by atomic mass is 16.6. The van der Waals surface area contributed by atoms with Gasteiger partial charge in [0.05, 0.1) is 20.2 Å². The normalized spacial score (nSPS) is 31.2. The number of carbonyl (C=O) groups is 2. The molecule has 0 aromatic rings. The largest absolute Gasteiger partial charge is 0.467 e. The van der Waals surface area contributed by atoms with E-state index in [4.69, 9.17) is 4.74 Å². The number of hydrogen-bond donors (Lipinski definition) is 2. The Balaban J connectivity index is 2.90. The standard InChI is InChI=1S/C12H21NO6/c1-10(2,3)19-9(15)13-6-11(4,16)12(17,7-13)8(14)18-5/h16-17H,6-7H2,1-5H3/t11-,12-/m1/s1. The molecule has 0 saturated carbocycles. The number of hydrogen-bond acceptors (Lipinski definition) is 6. The molecule has 0 spiro atoms. The van der Waals surface area contributed by atoms with Gasteiger partial charge in [0.15, 0.2) is 0 Å². The molecule has 1 amide bonds. The maximum absolute atomic E-state index is 11.9. The molecule has 1 fully saturated rings. The zero-order valence-electron chi connectivity index (χ0n) is 11.9. The van der Waals surface area contributed by atoms with Crippen LogP contribution in [-0.2, 0) is 14.3 Å². The highest BCUT2D eigenvalue weighted by Gasteiger charge is 2.61. The van der Waals surface area contributed by atoms with Gasteiger partial charge in [0, 0.05) is 0 Å². The van der Waals surface area contributed by atoms with Gasteiger partial charge in [-0.2, -0.15) is 0 Å². The van der Waals surface area contributed by atoms with Crippen molar-refractivity contribution < 1.29 is 29.3 Å². The number of esters is 1. The Morgan fingerprint density at radius 1 is 1.21 bits per heavy atom. The van der Waals surface area contributed by atoms with E-state index in [9.17, 15) is 19.8 Å². The summed E-state index contributed by atoms with van der Waals surface area (Å²) in [6.07, 6.45) is -0.701. The minimum absolute atomic E-state index is 0.215. The van der Waals surface area contributed by atoms with E-state index in [1.807, 2.05) is 0 Å². The van der Waals surface area contributed by atoms with Crippen molar-refractivity contribution in [3.05, 3.63) is 0 Å². The fraction of sp³-hybridized carbons (Fsp3) is 0.833. The molecule has 1 heterocycles. The van der Waals surface area contributed by atoms with Gasteiger partial charge in [-0.05, 0) is 27.7 Å². The predicted molar refractivity (Wildman–Crippen MR) is 65.4 cm³/mol. The van der Waals surface area contributed by atoms with Gasteiger partial charge in [-0.25, -0.2) is 9.59 Å². The summed E-state index contributed by atoms with van der Waals surface area (Å²) >= 11 is 0. The molecular weight excluding hydrogens is 254 g/mol. The summed E-state index contributed by atoms with van der Waals surface area (Å²) in [6, 6.07) is 0. The van der Waals surface area contributed by atoms with Crippen molar-refractivity contribution >= 4 is 12.1 Å². The summed E-state index contributed by atoms with van der Waals surface area (Å²) in [7, 11) is 1.10. The molecule has 0 aromatic carbocycles. The van der Waals surface area contributed by atoms with Crippen LogP contribution < -0.4 is 0 Å². The third-order valence-electron chi connectivity index (χ3n) is 2.98. The van der Waals surface area contributed by atoms with Gasteiger partial charge in [-0.1, -0.05) is 0 Å². The van der Waals surface area contributed by atoms with E-state index in [1.165, 1.54) is 6.92 Å². The highest BCUT2D eigenvalue weighted by Crippen LogP contribution is 2.33. The lowest BCUT2D eigenvalue weighted by Crippen LogP contribution is -2.57. The lowest BCUT2D eigenvalue weighted by atomic mass is 9.88. The third-order valence-corrected chi connectivity index (χ3v) is 2.98. The molecule has 7 heteroatoms. The molecule has 2 atom stereocenters. The van der Waals surface area contributed by atoms with Crippen LogP contribution in [0, 0.1) is 0 Å². The van der Waals surface area contributed by atoms with Gasteiger partial charge in [0.2, 0.25) is 5.60 Å². The van der Waals surface area contributed by atoms with Crippen LogP contribution in [0.5, 0.6) is 0 Å². The van der Waals surface area contributed by atoms with Crippen LogP contribution >= 0.6 is 0 Å². The van der Waals surface area contributed by atoms with Crippen LogP contribution in [-0.4, -0.2) is 64.2 Å². The second-order valence-corrected chi connectivity index (χ2v) is 5.96. The summed E-state index contributed by atoms with van der Waals surface area (Å²) in [5, 5.41) is 20.4. The van der Waals surface area contributed by atoms with Gasteiger partial charge >= 0.3 is 12.1 Å². The van der Waals surface area contributed by atoms with Crippen molar-refractivity contribution in [2.75, 3.05) is 20.2 Å². The van der Waals surface area contributed by atoms with Crippen LogP contribution in [0.2, 0.25) is 0 Å². The SMILES string of the molecule is COC(=O)[C@]1(O)CN(C(=O)OC(C)(C)C)C[C@@]1(C)O. The number of ether oxygens (including phenoxy) is 2. The van der Waals surface area contributed by atoms with E-state index < -0.39 is 28.9 Å². The summed E-state index contributed by atoms with van der Waals surface area (Å²) in [4.78, 5) is 24.6. The minimum atomic E-state index is -2.15. The van der Waals surface area contributed by atoms with Crippen molar-refractivity contribution in [3.63, 3.8) is 0 Å². The maximum atomic E-state index is 11.9. The summed E-state index contributed by atoms with van der Waals surface area (Å²) < 4.78 is 9.61. The highest BCUT2D eigenvalue weighted by molar-refractivity contribution is 5.83. The molecule has 110 valence electrons. The van der Waals surface area contributed by atoms with E-state index in [1.54, 1.807) is 20.8 Å². The van der Waals surface area contributed by atoms with Gasteiger partial charge in [0.25, 0.3) is 0 Å². The Morgan fingerprint density at radius 3 is 2.16 bits per heavy atom. The average Bonchev–Trinajstić information content (AvgIpc) is 2.47. The Bertz CT molecular complexity index is 386. The van der Waals surface area contributed by atoms with Crippen LogP contribution in [0.25, 0.3) is 0 Å². The molecule has 0 aliphatic carbocycles. The molecule has 0 radical (unpaired) electrons. The second-order valence-electron chi connectivity index (χ2n) is 5.96. The van der Waals surface area contributed by atoms with Crippen molar-refractivity contribution in [1.29, 1.82) is 0 Å². The molecule has 0 bridgehead atoms. The number of rotatable bonds is 1. The molecule has 1 saturated heterocycles. The number of aliphatic hydroxyl groups is 2. The molecule has 19 heavy (non-hydrogen) atoms. The lowest BCUT2D eigenvalue weighted by molar-refractivity contribution is -0.180. The van der Waals surface area contributed by atoms with Gasteiger partial charge < -0.3 is 24.6 Å². The van der Waals surface area contributed by atoms with Crippen molar-refractivity contribution in [3.8, 4) is 0 Å². The van der Waals surface area contributed by atoms with Crippen LogP contribution in [0.4, 0.5) is 4.79 Å². The Morgan fingerprint density at radius 2 is 1.74 bits per heavy atom. The molecule has 0 aromatic heterocycles.